The maximum atomic E-state index is 12.2. The molecule has 1 saturated carbocycles. The van der Waals surface area contributed by atoms with Crippen LogP contribution in [0.4, 0.5) is 0 Å². The van der Waals surface area contributed by atoms with E-state index in [0.717, 1.165) is 17.7 Å². The molecule has 0 heterocycles. The van der Waals surface area contributed by atoms with Gasteiger partial charge in [0.2, 0.25) is 5.91 Å². The van der Waals surface area contributed by atoms with Crippen molar-refractivity contribution in [2.45, 2.75) is 29.9 Å². The molecule has 20 heavy (non-hydrogen) atoms. The number of nitrogens with zero attached hydrogens (tertiary/aromatic N) is 1. The lowest BCUT2D eigenvalue weighted by Crippen LogP contribution is -2.30. The van der Waals surface area contributed by atoms with E-state index in [1.807, 2.05) is 38.1 Å². The van der Waals surface area contributed by atoms with E-state index in [9.17, 15) is 4.79 Å². The number of alkyl halides is 2. The quantitative estimate of drug-likeness (QED) is 0.434. The molecule has 1 aromatic rings. The minimum atomic E-state index is -0.469. The summed E-state index contributed by atoms with van der Waals surface area (Å²) >= 11 is 12.9. The molecule has 1 aromatic carbocycles. The smallest absolute Gasteiger partial charge is 0.248 e. The highest BCUT2D eigenvalue weighted by Gasteiger charge is 2.66. The Morgan fingerprint density at radius 1 is 1.50 bits per heavy atom. The molecule has 6 heteroatoms. The zero-order valence-electron chi connectivity index (χ0n) is 11.2. The highest BCUT2D eigenvalue weighted by Crippen LogP contribution is 2.66. The Morgan fingerprint density at radius 2 is 2.15 bits per heavy atom. The predicted octanol–water partition coefficient (Wildman–Crippen LogP) is 4.47. The molecule has 1 aliphatic carbocycles. The first kappa shape index (κ1) is 16.0. The second-order valence-electron chi connectivity index (χ2n) is 5.08. The van der Waals surface area contributed by atoms with E-state index >= 15 is 0 Å². The lowest BCUT2D eigenvalue weighted by molar-refractivity contribution is -0.125. The van der Waals surface area contributed by atoms with Crippen molar-refractivity contribution in [3.8, 4) is 0 Å². The zero-order valence-corrected chi connectivity index (χ0v) is 15.1. The Balaban J connectivity index is 2.12. The van der Waals surface area contributed by atoms with Gasteiger partial charge in [-0.3, -0.25) is 4.79 Å². The van der Waals surface area contributed by atoms with E-state index in [4.69, 9.17) is 11.6 Å². The number of amides is 1. The normalized spacial score (nSPS) is 24.4. The summed E-state index contributed by atoms with van der Waals surface area (Å²) in [4.78, 5) is 12.2. The van der Waals surface area contributed by atoms with E-state index in [1.54, 1.807) is 0 Å². The van der Waals surface area contributed by atoms with Crippen LogP contribution in [0.1, 0.15) is 32.3 Å². The average molecular weight is 423 g/mol. The fraction of sp³-hybridized carbons (Fsp3) is 0.429. The van der Waals surface area contributed by atoms with Crippen LogP contribution in [0.15, 0.2) is 29.4 Å². The second-order valence-corrected chi connectivity index (χ2v) is 9.28. The van der Waals surface area contributed by atoms with Crippen LogP contribution < -0.4 is 5.43 Å². The van der Waals surface area contributed by atoms with Crippen LogP contribution in [0.3, 0.4) is 0 Å². The lowest BCUT2D eigenvalue weighted by atomic mass is 10.1. The van der Waals surface area contributed by atoms with Crippen molar-refractivity contribution in [1.29, 1.82) is 0 Å². The number of hydrogen-bond donors (Lipinski definition) is 1. The van der Waals surface area contributed by atoms with Gasteiger partial charge in [0, 0.05) is 5.02 Å². The molecule has 2 rings (SSSR count). The molecule has 3 nitrogen and oxygen atoms in total. The molecule has 0 spiro atoms. The molecule has 1 fully saturated rings. The Kier molecular flexibility index (Phi) is 4.62. The Morgan fingerprint density at radius 3 is 2.65 bits per heavy atom. The molecule has 108 valence electrons. The van der Waals surface area contributed by atoms with Gasteiger partial charge in [-0.1, -0.05) is 62.5 Å². The van der Waals surface area contributed by atoms with Gasteiger partial charge in [-0.15, -0.1) is 0 Å². The Bertz CT molecular complexity index is 574. The topological polar surface area (TPSA) is 41.5 Å². The molecule has 0 bridgehead atoms. The van der Waals surface area contributed by atoms with Gasteiger partial charge in [-0.05, 0) is 37.5 Å². The molecule has 1 N–H and O–H groups in total. The van der Waals surface area contributed by atoms with Crippen LogP contribution in [0.25, 0.3) is 0 Å². The third kappa shape index (κ3) is 3.10. The van der Waals surface area contributed by atoms with Crippen molar-refractivity contribution < 1.29 is 4.79 Å². The van der Waals surface area contributed by atoms with E-state index in [-0.39, 0.29) is 9.14 Å². The van der Waals surface area contributed by atoms with Crippen LogP contribution in [0, 0.1) is 5.41 Å². The SMILES string of the molecule is CC/C(=N\NC(=O)C1(C)CC1(Br)Br)c1cccc(Cl)c1. The van der Waals surface area contributed by atoms with Gasteiger partial charge < -0.3 is 0 Å². The van der Waals surface area contributed by atoms with Crippen molar-refractivity contribution >= 4 is 55.1 Å². The van der Waals surface area contributed by atoms with Crippen LogP contribution in [0.2, 0.25) is 5.02 Å². The van der Waals surface area contributed by atoms with Gasteiger partial charge in [-0.2, -0.15) is 5.10 Å². The summed E-state index contributed by atoms with van der Waals surface area (Å²) in [7, 11) is 0. The van der Waals surface area contributed by atoms with Gasteiger partial charge in [0.1, 0.15) is 0 Å². The Labute approximate surface area is 140 Å². The number of rotatable bonds is 4. The summed E-state index contributed by atoms with van der Waals surface area (Å²) in [5.74, 6) is -0.0979. The van der Waals surface area contributed by atoms with Crippen LogP contribution in [0.5, 0.6) is 0 Å². The largest absolute Gasteiger partial charge is 0.272 e. The van der Waals surface area contributed by atoms with E-state index in [0.29, 0.717) is 11.4 Å². The predicted molar refractivity (Wildman–Crippen MR) is 89.7 cm³/mol. The fourth-order valence-corrected chi connectivity index (χ4v) is 3.58. The van der Waals surface area contributed by atoms with E-state index in [1.165, 1.54) is 0 Å². The average Bonchev–Trinajstić information content (AvgIpc) is 2.90. The molecule has 1 atom stereocenters. The molecule has 1 amide bonds. The van der Waals surface area contributed by atoms with Crippen LogP contribution in [-0.2, 0) is 4.79 Å². The highest BCUT2D eigenvalue weighted by molar-refractivity contribution is 9.25. The van der Waals surface area contributed by atoms with Gasteiger partial charge in [0.05, 0.1) is 14.4 Å². The highest BCUT2D eigenvalue weighted by atomic mass is 79.9. The van der Waals surface area contributed by atoms with Gasteiger partial charge in [-0.25, -0.2) is 5.43 Å². The van der Waals surface area contributed by atoms with E-state index in [2.05, 4.69) is 42.4 Å². The minimum absolute atomic E-state index is 0.0979. The summed E-state index contributed by atoms with van der Waals surface area (Å²) in [5.41, 5.74) is 3.91. The Hall–Kier alpha value is -0.390. The molecule has 0 aliphatic heterocycles. The maximum absolute atomic E-state index is 12.2. The van der Waals surface area contributed by atoms with Crippen LogP contribution >= 0.6 is 43.5 Å². The van der Waals surface area contributed by atoms with Gasteiger partial charge in [0.15, 0.2) is 0 Å². The summed E-state index contributed by atoms with van der Waals surface area (Å²) in [6.45, 7) is 3.89. The van der Waals surface area contributed by atoms with Crippen LogP contribution in [-0.4, -0.2) is 14.9 Å². The number of hydrazone groups is 1. The van der Waals surface area contributed by atoms with Gasteiger partial charge >= 0.3 is 0 Å². The number of hydrogen-bond acceptors (Lipinski definition) is 2. The van der Waals surface area contributed by atoms with Crippen molar-refractivity contribution in [3.63, 3.8) is 0 Å². The summed E-state index contributed by atoms with van der Waals surface area (Å²) in [6.07, 6.45) is 1.45. The van der Waals surface area contributed by atoms with E-state index < -0.39 is 5.41 Å². The molecule has 1 unspecified atom stereocenters. The summed E-state index contributed by atoms with van der Waals surface area (Å²) < 4.78 is -0.310. The maximum Gasteiger partial charge on any atom is 0.248 e. The minimum Gasteiger partial charge on any atom is -0.272 e. The zero-order chi connectivity index (χ0) is 15.0. The fourth-order valence-electron chi connectivity index (χ4n) is 1.90. The summed E-state index contributed by atoms with van der Waals surface area (Å²) in [6, 6.07) is 7.45. The number of benzene rings is 1. The van der Waals surface area contributed by atoms with Crippen molar-refractivity contribution in [2.24, 2.45) is 10.5 Å². The van der Waals surface area contributed by atoms with Crippen molar-refractivity contribution in [2.75, 3.05) is 0 Å². The second kappa shape index (κ2) is 5.78. The molecular weight excluding hydrogens is 407 g/mol. The number of nitrogens with one attached hydrogen (secondary N) is 1. The number of carbonyl (C=O) groups excluding carboxylic acids is 1. The third-order valence-corrected chi connectivity index (χ3v) is 6.09. The number of halogens is 3. The molecule has 0 aromatic heterocycles. The molecule has 0 saturated heterocycles. The third-order valence-electron chi connectivity index (χ3n) is 3.54. The standard InChI is InChI=1S/C14H15Br2ClN2O/c1-3-11(9-5-4-6-10(17)7-9)18-19-12(20)13(2)8-14(13,15)16/h4-7H,3,8H2,1-2H3,(H,19,20)/b18-11+. The molecule has 1 aliphatic rings. The number of carbonyl (C=O) groups is 1. The molecular formula is C14H15Br2ClN2O. The first-order chi connectivity index (χ1) is 9.30. The first-order valence-electron chi connectivity index (χ1n) is 6.31. The summed E-state index contributed by atoms with van der Waals surface area (Å²) in [5, 5.41) is 4.90. The van der Waals surface area contributed by atoms with Crippen molar-refractivity contribution in [3.05, 3.63) is 34.9 Å². The van der Waals surface area contributed by atoms with Gasteiger partial charge in [0.25, 0.3) is 0 Å². The first-order valence-corrected chi connectivity index (χ1v) is 8.27. The van der Waals surface area contributed by atoms with Crippen molar-refractivity contribution in [1.82, 2.24) is 5.43 Å². The molecule has 0 radical (unpaired) electrons. The lowest BCUT2D eigenvalue weighted by Gasteiger charge is -2.11. The monoisotopic (exact) mass is 420 g/mol.